The van der Waals surface area contributed by atoms with Crippen molar-refractivity contribution in [3.8, 4) is 11.1 Å². The van der Waals surface area contributed by atoms with Crippen molar-refractivity contribution in [1.82, 2.24) is 4.98 Å². The van der Waals surface area contributed by atoms with Crippen molar-refractivity contribution >= 4 is 28.1 Å². The van der Waals surface area contributed by atoms with Crippen molar-refractivity contribution in [3.63, 3.8) is 0 Å². The molecular formula is C15H10ClFN2. The van der Waals surface area contributed by atoms with Crippen LogP contribution in [0.3, 0.4) is 0 Å². The van der Waals surface area contributed by atoms with Gasteiger partial charge >= 0.3 is 0 Å². The van der Waals surface area contributed by atoms with Crippen LogP contribution in [0.25, 0.3) is 21.9 Å². The summed E-state index contributed by atoms with van der Waals surface area (Å²) in [4.78, 5) is 4.11. The van der Waals surface area contributed by atoms with Crippen LogP contribution in [0.15, 0.2) is 48.8 Å². The molecule has 0 atom stereocenters. The lowest BCUT2D eigenvalue weighted by atomic mass is 9.98. The zero-order valence-electron chi connectivity index (χ0n) is 9.90. The number of nitrogen functional groups attached to an aromatic ring is 1. The van der Waals surface area contributed by atoms with Crippen molar-refractivity contribution in [2.24, 2.45) is 0 Å². The number of halogens is 2. The van der Waals surface area contributed by atoms with Gasteiger partial charge in [-0.1, -0.05) is 29.8 Å². The molecule has 0 spiro atoms. The fourth-order valence-corrected chi connectivity index (χ4v) is 2.36. The fraction of sp³-hybridized carbons (Fsp3) is 0. The first kappa shape index (κ1) is 11.9. The Kier molecular flexibility index (Phi) is 2.84. The summed E-state index contributed by atoms with van der Waals surface area (Å²) < 4.78 is 13.5. The van der Waals surface area contributed by atoms with Gasteiger partial charge in [-0.2, -0.15) is 0 Å². The van der Waals surface area contributed by atoms with Crippen molar-refractivity contribution < 1.29 is 4.39 Å². The fourth-order valence-electron chi connectivity index (χ4n) is 2.16. The van der Waals surface area contributed by atoms with Crippen LogP contribution >= 0.6 is 11.6 Å². The molecule has 94 valence electrons. The average molecular weight is 273 g/mol. The first-order valence-electron chi connectivity index (χ1n) is 5.74. The van der Waals surface area contributed by atoms with Gasteiger partial charge < -0.3 is 5.73 Å². The maximum atomic E-state index is 13.5. The third-order valence-electron chi connectivity index (χ3n) is 3.07. The maximum absolute atomic E-state index is 13.5. The number of aromatic nitrogens is 1. The van der Waals surface area contributed by atoms with E-state index in [1.165, 1.54) is 12.1 Å². The predicted molar refractivity (Wildman–Crippen MR) is 76.6 cm³/mol. The number of hydrogen-bond acceptors (Lipinski definition) is 2. The number of benzene rings is 2. The molecule has 1 heterocycles. The van der Waals surface area contributed by atoms with Crippen LogP contribution in [0.2, 0.25) is 5.02 Å². The van der Waals surface area contributed by atoms with Crippen LogP contribution in [-0.4, -0.2) is 4.98 Å². The first-order chi connectivity index (χ1) is 9.16. The van der Waals surface area contributed by atoms with Gasteiger partial charge in [0.05, 0.1) is 10.7 Å². The van der Waals surface area contributed by atoms with Crippen LogP contribution in [0.5, 0.6) is 0 Å². The Hall–Kier alpha value is -2.13. The van der Waals surface area contributed by atoms with Crippen molar-refractivity contribution in [3.05, 3.63) is 59.6 Å². The van der Waals surface area contributed by atoms with Crippen molar-refractivity contribution in [1.29, 1.82) is 0 Å². The summed E-state index contributed by atoms with van der Waals surface area (Å²) in [5, 5.41) is 2.15. The zero-order chi connectivity index (χ0) is 13.4. The Morgan fingerprint density at radius 3 is 2.79 bits per heavy atom. The Labute approximate surface area is 114 Å². The van der Waals surface area contributed by atoms with Crippen molar-refractivity contribution in [2.45, 2.75) is 0 Å². The van der Waals surface area contributed by atoms with E-state index in [1.54, 1.807) is 12.4 Å². The van der Waals surface area contributed by atoms with Gasteiger partial charge in [-0.25, -0.2) is 4.39 Å². The van der Waals surface area contributed by atoms with Crippen LogP contribution in [0.1, 0.15) is 0 Å². The molecule has 0 saturated heterocycles. The molecule has 2 nitrogen and oxygen atoms in total. The number of hydrogen-bond donors (Lipinski definition) is 1. The molecular weight excluding hydrogens is 263 g/mol. The Morgan fingerprint density at radius 1 is 1.11 bits per heavy atom. The molecule has 0 saturated carbocycles. The van der Waals surface area contributed by atoms with E-state index in [0.717, 1.165) is 16.3 Å². The van der Waals surface area contributed by atoms with Crippen molar-refractivity contribution in [2.75, 3.05) is 5.73 Å². The lowest BCUT2D eigenvalue weighted by molar-refractivity contribution is 0.628. The average Bonchev–Trinajstić information content (AvgIpc) is 2.42. The largest absolute Gasteiger partial charge is 0.397 e. The highest BCUT2D eigenvalue weighted by atomic mass is 35.5. The van der Waals surface area contributed by atoms with Crippen LogP contribution in [-0.2, 0) is 0 Å². The first-order valence-corrected chi connectivity index (χ1v) is 6.12. The van der Waals surface area contributed by atoms with Gasteiger partial charge in [0.1, 0.15) is 5.82 Å². The smallest absolute Gasteiger partial charge is 0.125 e. The van der Waals surface area contributed by atoms with Gasteiger partial charge in [0.15, 0.2) is 0 Å². The lowest BCUT2D eigenvalue weighted by Gasteiger charge is -2.10. The monoisotopic (exact) mass is 272 g/mol. The third-order valence-corrected chi connectivity index (χ3v) is 3.38. The van der Waals surface area contributed by atoms with E-state index in [-0.39, 0.29) is 5.02 Å². The number of fused-ring (bicyclic) bond motifs is 1. The molecule has 3 aromatic rings. The number of anilines is 1. The standard InChI is InChI=1S/C15H10ClFN2/c16-14-7-10(17)6-12(15(14)18)11-3-1-2-9-4-5-19-8-13(9)11/h1-8H,18H2. The van der Waals surface area contributed by atoms with E-state index in [1.807, 2.05) is 24.3 Å². The molecule has 0 fully saturated rings. The number of rotatable bonds is 1. The lowest BCUT2D eigenvalue weighted by Crippen LogP contribution is -1.94. The summed E-state index contributed by atoms with van der Waals surface area (Å²) in [6.45, 7) is 0. The Balaban J connectivity index is 2.37. The van der Waals surface area contributed by atoms with E-state index in [2.05, 4.69) is 4.98 Å². The number of nitrogens with two attached hydrogens (primary N) is 1. The van der Waals surface area contributed by atoms with E-state index < -0.39 is 5.82 Å². The van der Waals surface area contributed by atoms with Gasteiger partial charge in [-0.05, 0) is 29.1 Å². The summed E-state index contributed by atoms with van der Waals surface area (Å²) >= 11 is 5.94. The van der Waals surface area contributed by atoms with Gasteiger partial charge in [-0.3, -0.25) is 4.98 Å². The highest BCUT2D eigenvalue weighted by Crippen LogP contribution is 2.36. The molecule has 3 rings (SSSR count). The molecule has 19 heavy (non-hydrogen) atoms. The second-order valence-electron chi connectivity index (χ2n) is 4.25. The highest BCUT2D eigenvalue weighted by molar-refractivity contribution is 6.33. The van der Waals surface area contributed by atoms with E-state index in [0.29, 0.717) is 11.3 Å². The van der Waals surface area contributed by atoms with E-state index >= 15 is 0 Å². The molecule has 0 aliphatic rings. The third kappa shape index (κ3) is 2.02. The van der Waals surface area contributed by atoms with Gasteiger partial charge in [0, 0.05) is 23.3 Å². The molecule has 0 radical (unpaired) electrons. The summed E-state index contributed by atoms with van der Waals surface area (Å²) in [5.41, 5.74) is 7.74. The second kappa shape index (κ2) is 4.52. The topological polar surface area (TPSA) is 38.9 Å². The molecule has 1 aromatic heterocycles. The van der Waals surface area contributed by atoms with Crippen LogP contribution in [0.4, 0.5) is 10.1 Å². The van der Waals surface area contributed by atoms with Gasteiger partial charge in [0.25, 0.3) is 0 Å². The summed E-state index contributed by atoms with van der Waals surface area (Å²) in [5.74, 6) is -0.407. The molecule has 0 aliphatic carbocycles. The normalized spacial score (nSPS) is 10.8. The minimum atomic E-state index is -0.407. The summed E-state index contributed by atoms with van der Waals surface area (Å²) in [6, 6.07) is 10.3. The second-order valence-corrected chi connectivity index (χ2v) is 4.66. The van der Waals surface area contributed by atoms with Gasteiger partial charge in [0.2, 0.25) is 0 Å². The predicted octanol–water partition coefficient (Wildman–Crippen LogP) is 4.28. The minimum Gasteiger partial charge on any atom is -0.397 e. The minimum absolute atomic E-state index is 0.218. The molecule has 0 bridgehead atoms. The molecule has 4 heteroatoms. The van der Waals surface area contributed by atoms with Crippen LogP contribution < -0.4 is 5.73 Å². The Bertz CT molecular complexity index is 766. The molecule has 0 amide bonds. The molecule has 0 unspecified atom stereocenters. The zero-order valence-corrected chi connectivity index (χ0v) is 10.7. The molecule has 2 aromatic carbocycles. The highest BCUT2D eigenvalue weighted by Gasteiger charge is 2.11. The summed E-state index contributed by atoms with van der Waals surface area (Å²) in [7, 11) is 0. The van der Waals surface area contributed by atoms with Gasteiger partial charge in [-0.15, -0.1) is 0 Å². The Morgan fingerprint density at radius 2 is 1.95 bits per heavy atom. The maximum Gasteiger partial charge on any atom is 0.125 e. The van der Waals surface area contributed by atoms with E-state index in [9.17, 15) is 4.39 Å². The quantitative estimate of drug-likeness (QED) is 0.672. The number of nitrogens with zero attached hydrogens (tertiary/aromatic N) is 1. The molecule has 0 aliphatic heterocycles. The van der Waals surface area contributed by atoms with E-state index in [4.69, 9.17) is 17.3 Å². The summed E-state index contributed by atoms with van der Waals surface area (Å²) in [6.07, 6.45) is 3.46. The SMILES string of the molecule is Nc1c(Cl)cc(F)cc1-c1cccc2ccncc12. The molecule has 2 N–H and O–H groups in total. The number of pyridine rings is 1. The van der Waals surface area contributed by atoms with Crippen LogP contribution in [0, 0.1) is 5.82 Å².